The van der Waals surface area contributed by atoms with E-state index in [0.717, 1.165) is 6.61 Å². The predicted molar refractivity (Wildman–Crippen MR) is 25.3 cm³/mol. The second-order valence-corrected chi connectivity index (χ2v) is 1.63. The van der Waals surface area contributed by atoms with E-state index in [-0.39, 0.29) is 0 Å². The Bertz CT molecular complexity index is 157. The lowest BCUT2D eigenvalue weighted by atomic mass is 10.5. The molecule has 2 heteroatoms. The van der Waals surface area contributed by atoms with Crippen LogP contribution in [0, 0.1) is 0 Å². The molecule has 0 aliphatic carbocycles. The molecule has 0 saturated heterocycles. The first-order chi connectivity index (χ1) is 3.47. The molecule has 0 fully saturated rings. The molecule has 0 radical (unpaired) electrons. The Kier molecular flexibility index (Phi) is 0.372. The Labute approximate surface area is 41.5 Å². The first-order valence-electron chi connectivity index (χ1n) is 2.25. The molecule has 2 aliphatic rings. The van der Waals surface area contributed by atoms with Gasteiger partial charge in [-0.3, -0.25) is 0 Å². The Hall–Kier alpha value is -0.920. The van der Waals surface area contributed by atoms with Crippen molar-refractivity contribution in [2.75, 3.05) is 6.61 Å². The molecule has 0 spiro atoms. The van der Waals surface area contributed by atoms with Crippen LogP contribution in [-0.2, 0) is 4.74 Å². The first kappa shape index (κ1) is 3.13. The molecular weight excluding hydrogens is 90.1 g/mol. The van der Waals surface area contributed by atoms with Gasteiger partial charge in [0.25, 0.3) is 0 Å². The molecule has 2 aliphatic heterocycles. The van der Waals surface area contributed by atoms with Gasteiger partial charge in [-0.1, -0.05) is 0 Å². The van der Waals surface area contributed by atoms with Gasteiger partial charge in [0.05, 0.1) is 17.7 Å². The van der Waals surface area contributed by atoms with Crippen molar-refractivity contribution >= 4 is 0 Å². The van der Waals surface area contributed by atoms with E-state index >= 15 is 0 Å². The van der Waals surface area contributed by atoms with E-state index in [1.165, 1.54) is 11.4 Å². The third kappa shape index (κ3) is 0.330. The van der Waals surface area contributed by atoms with Crippen molar-refractivity contribution in [2.45, 2.75) is 0 Å². The maximum absolute atomic E-state index is 4.92. The molecule has 7 heavy (non-hydrogen) atoms. The van der Waals surface area contributed by atoms with Crippen molar-refractivity contribution < 1.29 is 4.74 Å². The maximum Gasteiger partial charge on any atom is 0.129 e. The van der Waals surface area contributed by atoms with Crippen molar-refractivity contribution in [1.82, 2.24) is 5.32 Å². The lowest BCUT2D eigenvalue weighted by Gasteiger charge is -1.92. The van der Waals surface area contributed by atoms with Crippen LogP contribution >= 0.6 is 0 Å². The minimum absolute atomic E-state index is 0.742. The van der Waals surface area contributed by atoms with Crippen LogP contribution in [0.5, 0.6) is 0 Å². The maximum atomic E-state index is 4.92. The summed E-state index contributed by atoms with van der Waals surface area (Å²) in [6.07, 6.45) is 3.64. The molecule has 1 N–H and O–H groups in total. The average Bonchev–Trinajstić information content (AvgIpc) is 2.41. The van der Waals surface area contributed by atoms with E-state index in [9.17, 15) is 0 Å². The van der Waals surface area contributed by atoms with Crippen LogP contribution < -0.4 is 5.32 Å². The minimum atomic E-state index is 0.742. The first-order valence-corrected chi connectivity index (χ1v) is 2.25. The highest BCUT2D eigenvalue weighted by Gasteiger charge is 2.19. The summed E-state index contributed by atoms with van der Waals surface area (Å²) in [7, 11) is 0. The van der Waals surface area contributed by atoms with Crippen LogP contribution in [0.1, 0.15) is 0 Å². The van der Waals surface area contributed by atoms with Crippen LogP contribution in [-0.4, -0.2) is 6.61 Å². The van der Waals surface area contributed by atoms with Crippen molar-refractivity contribution in [1.29, 1.82) is 0 Å². The van der Waals surface area contributed by atoms with E-state index in [1.807, 2.05) is 6.08 Å². The Balaban J connectivity index is 2.31. The van der Waals surface area contributed by atoms with Gasteiger partial charge in [0.15, 0.2) is 0 Å². The van der Waals surface area contributed by atoms with E-state index in [0.29, 0.717) is 0 Å². The summed E-state index contributed by atoms with van der Waals surface area (Å²) in [5, 5.41) is 3.05. The van der Waals surface area contributed by atoms with E-state index < -0.39 is 0 Å². The summed E-state index contributed by atoms with van der Waals surface area (Å²) >= 11 is 0. The van der Waals surface area contributed by atoms with E-state index in [4.69, 9.17) is 4.74 Å². The van der Waals surface area contributed by atoms with Gasteiger partial charge in [0.2, 0.25) is 0 Å². The quantitative estimate of drug-likeness (QED) is 0.470. The summed E-state index contributed by atoms with van der Waals surface area (Å²) in [6.45, 7) is 0.742. The zero-order valence-electron chi connectivity index (χ0n) is 3.77. The Morgan fingerprint density at radius 2 is 2.71 bits per heavy atom. The lowest BCUT2D eigenvalue weighted by Crippen LogP contribution is -1.87. The normalized spacial score (nSPS) is 22.9. The number of allylic oxidation sites excluding steroid dienone is 1. The fourth-order valence-corrected chi connectivity index (χ4v) is 0.635. The molecule has 0 bridgehead atoms. The van der Waals surface area contributed by atoms with Gasteiger partial charge in [-0.15, -0.1) is 0 Å². The predicted octanol–water partition coefficient (Wildman–Crippen LogP) is 0.345. The molecule has 2 rings (SSSR count). The zero-order valence-corrected chi connectivity index (χ0v) is 3.77. The Morgan fingerprint density at radius 1 is 1.71 bits per heavy atom. The van der Waals surface area contributed by atoms with Crippen LogP contribution in [0.25, 0.3) is 0 Å². The van der Waals surface area contributed by atoms with Gasteiger partial charge in [-0.05, 0) is 6.08 Å². The number of ether oxygens (including phenoxy) is 1. The van der Waals surface area contributed by atoms with Crippen LogP contribution in [0.3, 0.4) is 0 Å². The van der Waals surface area contributed by atoms with Crippen molar-refractivity contribution in [2.24, 2.45) is 0 Å². The highest BCUT2D eigenvalue weighted by molar-refractivity contribution is 5.40. The van der Waals surface area contributed by atoms with Crippen LogP contribution in [0.4, 0.5) is 0 Å². The average molecular weight is 95.1 g/mol. The van der Waals surface area contributed by atoms with Crippen molar-refractivity contribution in [3.63, 3.8) is 0 Å². The number of hydrogen-bond acceptors (Lipinski definition) is 2. The summed E-state index contributed by atoms with van der Waals surface area (Å²) in [6, 6.07) is 0. The smallest absolute Gasteiger partial charge is 0.129 e. The van der Waals surface area contributed by atoms with Gasteiger partial charge >= 0.3 is 0 Å². The van der Waals surface area contributed by atoms with Crippen molar-refractivity contribution in [3.8, 4) is 0 Å². The third-order valence-corrected chi connectivity index (χ3v) is 1.11. The second-order valence-electron chi connectivity index (χ2n) is 1.63. The second kappa shape index (κ2) is 0.832. The molecule has 0 unspecified atom stereocenters. The van der Waals surface area contributed by atoms with Gasteiger partial charge in [-0.2, -0.15) is 0 Å². The summed E-state index contributed by atoms with van der Waals surface area (Å²) in [4.78, 5) is 0. The lowest BCUT2D eigenvalue weighted by molar-refractivity contribution is 0.281. The Morgan fingerprint density at radius 3 is 3.29 bits per heavy atom. The zero-order chi connectivity index (χ0) is 4.69. The number of rotatable bonds is 0. The SMILES string of the molecule is C1=CC2=C(CO1)N2. The summed E-state index contributed by atoms with van der Waals surface area (Å²) in [5.41, 5.74) is 2.48. The topological polar surface area (TPSA) is 31.2 Å². The highest BCUT2D eigenvalue weighted by atomic mass is 16.5. The molecule has 0 saturated carbocycles. The number of nitrogens with one attached hydrogen (secondary N) is 1. The third-order valence-electron chi connectivity index (χ3n) is 1.11. The van der Waals surface area contributed by atoms with Crippen molar-refractivity contribution in [3.05, 3.63) is 23.7 Å². The summed E-state index contributed by atoms with van der Waals surface area (Å²) < 4.78 is 4.92. The van der Waals surface area contributed by atoms with Gasteiger partial charge in [0.1, 0.15) is 6.61 Å². The van der Waals surface area contributed by atoms with E-state index in [1.54, 1.807) is 6.26 Å². The monoisotopic (exact) mass is 95.0 g/mol. The molecule has 0 aromatic rings. The molecule has 0 amide bonds. The van der Waals surface area contributed by atoms with Gasteiger partial charge in [-0.25, -0.2) is 0 Å². The van der Waals surface area contributed by atoms with E-state index in [2.05, 4.69) is 5.32 Å². The number of hydrogen-bond donors (Lipinski definition) is 1. The van der Waals surface area contributed by atoms with Gasteiger partial charge in [0, 0.05) is 0 Å². The molecular formula is C5H5NO. The standard InChI is InChI=1S/C5H5NO/c1-2-7-3-5-4(1)6-5/h1-2,6H,3H2. The molecule has 36 valence electrons. The van der Waals surface area contributed by atoms with Crippen LogP contribution in [0.2, 0.25) is 0 Å². The molecule has 0 aromatic carbocycles. The highest BCUT2D eigenvalue weighted by Crippen LogP contribution is 2.19. The van der Waals surface area contributed by atoms with Crippen LogP contribution in [0.15, 0.2) is 23.7 Å². The molecule has 2 heterocycles. The molecule has 0 aromatic heterocycles. The van der Waals surface area contributed by atoms with Gasteiger partial charge < -0.3 is 10.1 Å². The fraction of sp³-hybridized carbons (Fsp3) is 0.200. The molecule has 0 atom stereocenters. The minimum Gasteiger partial charge on any atom is -0.495 e. The summed E-state index contributed by atoms with van der Waals surface area (Å²) in [5.74, 6) is 0. The fourth-order valence-electron chi connectivity index (χ4n) is 0.635. The molecule has 2 nitrogen and oxygen atoms in total. The largest absolute Gasteiger partial charge is 0.495 e.